The molecule has 2 atom stereocenters. The third-order valence-electron chi connectivity index (χ3n) is 5.27. The molecule has 3 aromatic heterocycles. The highest BCUT2D eigenvalue weighted by Gasteiger charge is 2.38. The average molecular weight is 564 g/mol. The SMILES string of the molecule is O=C(Nc1ccsc1Br)c1csc2ncc(N3C[C@@H]4CC[C@H]3CN4)nc12.O=C(O)C(F)(F)F. The second-order valence-electron chi connectivity index (χ2n) is 7.39. The average Bonchev–Trinajstić information content (AvgIpc) is 3.40. The lowest BCUT2D eigenvalue weighted by molar-refractivity contribution is -0.192. The first-order valence-electron chi connectivity index (χ1n) is 9.72. The first-order chi connectivity index (χ1) is 15.6. The van der Waals surface area contributed by atoms with E-state index in [1.165, 1.54) is 35.5 Å². The number of thiophene rings is 2. The van der Waals surface area contributed by atoms with Crippen LogP contribution in [-0.4, -0.2) is 58.3 Å². The number of hydrogen-bond acceptors (Lipinski definition) is 8. The van der Waals surface area contributed by atoms with Crippen LogP contribution in [0.25, 0.3) is 10.3 Å². The molecule has 0 unspecified atom stereocenters. The molecule has 3 aromatic rings. The molecule has 6 rings (SSSR count). The number of hydrogen-bond donors (Lipinski definition) is 3. The zero-order chi connectivity index (χ0) is 23.8. The second kappa shape index (κ2) is 9.52. The minimum Gasteiger partial charge on any atom is -0.475 e. The van der Waals surface area contributed by atoms with E-state index in [0.717, 1.165) is 33.2 Å². The van der Waals surface area contributed by atoms with Gasteiger partial charge in [0.05, 0.1) is 21.2 Å². The van der Waals surface area contributed by atoms with Gasteiger partial charge < -0.3 is 20.6 Å². The number of amides is 1. The van der Waals surface area contributed by atoms with Gasteiger partial charge in [-0.05, 0) is 40.2 Å². The van der Waals surface area contributed by atoms with E-state index in [1.54, 1.807) is 0 Å². The molecule has 3 N–H and O–H groups in total. The summed E-state index contributed by atoms with van der Waals surface area (Å²) in [5, 5.41) is 17.4. The van der Waals surface area contributed by atoms with E-state index in [-0.39, 0.29) is 5.91 Å². The zero-order valence-corrected chi connectivity index (χ0v) is 19.9. The van der Waals surface area contributed by atoms with Crippen molar-refractivity contribution in [1.29, 1.82) is 0 Å². The summed E-state index contributed by atoms with van der Waals surface area (Å²) in [6.07, 6.45) is -0.838. The van der Waals surface area contributed by atoms with E-state index in [1.807, 2.05) is 23.0 Å². The van der Waals surface area contributed by atoms with Crippen LogP contribution in [-0.2, 0) is 4.79 Å². The van der Waals surface area contributed by atoms with E-state index in [2.05, 4.69) is 36.4 Å². The molecule has 2 bridgehead atoms. The van der Waals surface area contributed by atoms with Gasteiger partial charge in [0.2, 0.25) is 0 Å². The summed E-state index contributed by atoms with van der Waals surface area (Å²) >= 11 is 6.45. The fraction of sp³-hybridized carbons (Fsp3) is 0.368. The number of fused-ring (bicyclic) bond motifs is 4. The Morgan fingerprint density at radius 3 is 2.61 bits per heavy atom. The highest BCUT2D eigenvalue weighted by atomic mass is 79.9. The molecule has 0 aliphatic carbocycles. The van der Waals surface area contributed by atoms with Crippen molar-refractivity contribution in [3.63, 3.8) is 0 Å². The molecule has 6 heterocycles. The summed E-state index contributed by atoms with van der Waals surface area (Å²) in [5.41, 5.74) is 2.05. The number of nitrogens with one attached hydrogen (secondary N) is 2. The summed E-state index contributed by atoms with van der Waals surface area (Å²) in [7, 11) is 0. The first-order valence-corrected chi connectivity index (χ1v) is 12.3. The van der Waals surface area contributed by atoms with Crippen molar-refractivity contribution in [1.82, 2.24) is 15.3 Å². The van der Waals surface area contributed by atoms with Gasteiger partial charge in [0, 0.05) is 30.6 Å². The number of aliphatic carboxylic acids is 1. The number of anilines is 2. The van der Waals surface area contributed by atoms with Crippen LogP contribution in [0.3, 0.4) is 0 Å². The molecule has 3 aliphatic rings. The Hall–Kier alpha value is -2.29. The zero-order valence-electron chi connectivity index (χ0n) is 16.7. The molecule has 14 heteroatoms. The lowest BCUT2D eigenvalue weighted by Crippen LogP contribution is -2.61. The maximum absolute atomic E-state index is 12.7. The summed E-state index contributed by atoms with van der Waals surface area (Å²) in [4.78, 5) is 34.2. The number of carboxylic acid groups (broad SMARTS) is 1. The molecule has 1 amide bonds. The lowest BCUT2D eigenvalue weighted by Gasteiger charge is -2.46. The van der Waals surface area contributed by atoms with E-state index in [9.17, 15) is 18.0 Å². The predicted octanol–water partition coefficient (Wildman–Crippen LogP) is 4.34. The molecular formula is C19H17BrF3N5O3S2. The fourth-order valence-electron chi connectivity index (χ4n) is 3.66. The quantitative estimate of drug-likeness (QED) is 0.435. The van der Waals surface area contributed by atoms with Crippen LogP contribution in [0, 0.1) is 0 Å². The smallest absolute Gasteiger partial charge is 0.475 e. The van der Waals surface area contributed by atoms with Crippen molar-refractivity contribution < 1.29 is 27.9 Å². The number of halogens is 4. The molecule has 3 saturated heterocycles. The third kappa shape index (κ3) is 5.28. The molecule has 8 nitrogen and oxygen atoms in total. The van der Waals surface area contributed by atoms with Crippen molar-refractivity contribution >= 4 is 72.3 Å². The van der Waals surface area contributed by atoms with Crippen molar-refractivity contribution in [2.75, 3.05) is 23.3 Å². The molecule has 33 heavy (non-hydrogen) atoms. The van der Waals surface area contributed by atoms with Gasteiger partial charge in [-0.2, -0.15) is 13.2 Å². The molecular weight excluding hydrogens is 547 g/mol. The molecule has 0 aromatic carbocycles. The van der Waals surface area contributed by atoms with E-state index >= 15 is 0 Å². The van der Waals surface area contributed by atoms with Crippen molar-refractivity contribution in [3.05, 3.63) is 32.4 Å². The van der Waals surface area contributed by atoms with Crippen molar-refractivity contribution in [3.8, 4) is 0 Å². The van der Waals surface area contributed by atoms with Crippen LogP contribution >= 0.6 is 38.6 Å². The predicted molar refractivity (Wildman–Crippen MR) is 123 cm³/mol. The van der Waals surface area contributed by atoms with Crippen molar-refractivity contribution in [2.24, 2.45) is 0 Å². The monoisotopic (exact) mass is 563 g/mol. The van der Waals surface area contributed by atoms with E-state index < -0.39 is 12.1 Å². The maximum Gasteiger partial charge on any atom is 0.490 e. The molecule has 0 saturated carbocycles. The van der Waals surface area contributed by atoms with E-state index in [4.69, 9.17) is 14.9 Å². The Balaban J connectivity index is 0.000000325. The number of carbonyl (C=O) groups is 2. The van der Waals surface area contributed by atoms with Gasteiger partial charge in [-0.15, -0.1) is 22.7 Å². The third-order valence-corrected chi connectivity index (χ3v) is 7.83. The first kappa shape index (κ1) is 23.9. The summed E-state index contributed by atoms with van der Waals surface area (Å²) < 4.78 is 32.6. The Morgan fingerprint density at radius 1 is 1.30 bits per heavy atom. The Labute approximate surface area is 202 Å². The number of alkyl halides is 3. The highest BCUT2D eigenvalue weighted by Crippen LogP contribution is 2.32. The van der Waals surface area contributed by atoms with E-state index in [0.29, 0.717) is 23.2 Å². The fourth-order valence-corrected chi connectivity index (χ4v) is 5.61. The largest absolute Gasteiger partial charge is 0.490 e. The van der Waals surface area contributed by atoms with Crippen LogP contribution in [0.1, 0.15) is 23.2 Å². The number of piperidine rings is 2. The number of carbonyl (C=O) groups excluding carboxylic acids is 1. The number of aromatic nitrogens is 2. The van der Waals surface area contributed by atoms with Crippen LogP contribution in [0.5, 0.6) is 0 Å². The van der Waals surface area contributed by atoms with Gasteiger partial charge in [-0.1, -0.05) is 0 Å². The van der Waals surface area contributed by atoms with Gasteiger partial charge >= 0.3 is 12.1 Å². The topological polar surface area (TPSA) is 107 Å². The van der Waals surface area contributed by atoms with Crippen LogP contribution < -0.4 is 15.5 Å². The van der Waals surface area contributed by atoms with Gasteiger partial charge in [0.1, 0.15) is 16.2 Å². The Kier molecular flexibility index (Phi) is 6.88. The van der Waals surface area contributed by atoms with Crippen LogP contribution in [0.2, 0.25) is 0 Å². The Bertz CT molecular complexity index is 1180. The molecule has 3 fully saturated rings. The summed E-state index contributed by atoms with van der Waals surface area (Å²) in [5.74, 6) is -2.03. The molecule has 0 spiro atoms. The molecule has 3 aliphatic heterocycles. The standard InChI is InChI=1S/C17H16BrN5OS2.C2HF3O2/c18-15-12(3-4-25-15)21-16(24)11-8-26-17-14(11)22-13(6-20-17)23-7-9-1-2-10(23)5-19-9;3-2(4,5)1(6)7/h3-4,6,8-10,19H,1-2,5,7H2,(H,21,24);(H,6,7)/t9-,10-;/m0./s1. The van der Waals surface area contributed by atoms with Crippen molar-refractivity contribution in [2.45, 2.75) is 31.1 Å². The normalized spacial score (nSPS) is 19.8. The number of nitrogens with zero attached hydrogens (tertiary/aromatic N) is 3. The van der Waals surface area contributed by atoms with Gasteiger partial charge in [0.25, 0.3) is 5.91 Å². The van der Waals surface area contributed by atoms with Crippen LogP contribution in [0.15, 0.2) is 26.8 Å². The maximum atomic E-state index is 12.7. The lowest BCUT2D eigenvalue weighted by atomic mass is 9.93. The number of carboxylic acids is 1. The van der Waals surface area contributed by atoms with Gasteiger partial charge in [-0.25, -0.2) is 14.8 Å². The minimum atomic E-state index is -5.08. The highest BCUT2D eigenvalue weighted by molar-refractivity contribution is 9.11. The number of piperazine rings is 1. The molecule has 176 valence electrons. The number of rotatable bonds is 3. The Morgan fingerprint density at radius 2 is 2.06 bits per heavy atom. The summed E-state index contributed by atoms with van der Waals surface area (Å²) in [6, 6.07) is 2.87. The summed E-state index contributed by atoms with van der Waals surface area (Å²) in [6.45, 7) is 1.95. The molecule has 0 radical (unpaired) electrons. The van der Waals surface area contributed by atoms with Crippen LogP contribution in [0.4, 0.5) is 24.7 Å². The second-order valence-corrected chi connectivity index (χ2v) is 10.5. The van der Waals surface area contributed by atoms with Gasteiger partial charge in [-0.3, -0.25) is 4.79 Å². The van der Waals surface area contributed by atoms with Gasteiger partial charge in [0.15, 0.2) is 0 Å². The minimum absolute atomic E-state index is 0.149.